The van der Waals surface area contributed by atoms with E-state index in [1.165, 1.54) is 17.1 Å². The normalized spacial score (nSPS) is 16.8. The van der Waals surface area contributed by atoms with E-state index in [9.17, 15) is 9.59 Å². The SMILES string of the molecule is COc1ccc(C2CCCN2C(=O)Cn2cnc3c(cnn3C)c2=O)cc1. The van der Waals surface area contributed by atoms with Gasteiger partial charge in [-0.15, -0.1) is 0 Å². The maximum Gasteiger partial charge on any atom is 0.264 e. The number of methoxy groups -OCH3 is 1. The van der Waals surface area contributed by atoms with Crippen LogP contribution in [0, 0.1) is 0 Å². The Hall–Kier alpha value is -3.16. The van der Waals surface area contributed by atoms with Gasteiger partial charge in [-0.05, 0) is 30.5 Å². The molecule has 1 atom stereocenters. The Balaban J connectivity index is 1.56. The lowest BCUT2D eigenvalue weighted by atomic mass is 10.0. The predicted molar refractivity (Wildman–Crippen MR) is 99.5 cm³/mol. The molecule has 8 nitrogen and oxygen atoms in total. The molecule has 0 spiro atoms. The summed E-state index contributed by atoms with van der Waals surface area (Å²) in [4.78, 5) is 31.6. The van der Waals surface area contributed by atoms with Gasteiger partial charge >= 0.3 is 0 Å². The molecule has 0 bridgehead atoms. The summed E-state index contributed by atoms with van der Waals surface area (Å²) in [5, 5.41) is 4.47. The van der Waals surface area contributed by atoms with E-state index in [1.54, 1.807) is 18.8 Å². The number of carbonyl (C=O) groups is 1. The van der Waals surface area contributed by atoms with Gasteiger partial charge in [-0.3, -0.25) is 18.8 Å². The lowest BCUT2D eigenvalue weighted by Gasteiger charge is -2.25. The standard InChI is InChI=1S/C19H21N5O3/c1-22-18-15(10-21-22)19(26)23(12-20-18)11-17(25)24-9-3-4-16(24)13-5-7-14(27-2)8-6-13/h5-8,10,12,16H,3-4,9,11H2,1-2H3. The first kappa shape index (κ1) is 17.3. The smallest absolute Gasteiger partial charge is 0.264 e. The Labute approximate surface area is 156 Å². The van der Waals surface area contributed by atoms with Crippen molar-refractivity contribution in [3.8, 4) is 5.75 Å². The molecule has 3 aromatic rings. The molecule has 0 saturated carbocycles. The van der Waals surface area contributed by atoms with Crippen LogP contribution in [0.1, 0.15) is 24.4 Å². The van der Waals surface area contributed by atoms with Crippen LogP contribution in [0.15, 0.2) is 41.6 Å². The molecule has 1 saturated heterocycles. The van der Waals surface area contributed by atoms with Crippen LogP contribution in [-0.2, 0) is 18.4 Å². The highest BCUT2D eigenvalue weighted by Crippen LogP contribution is 2.32. The molecule has 1 aliphatic heterocycles. The van der Waals surface area contributed by atoms with Crippen molar-refractivity contribution in [2.45, 2.75) is 25.4 Å². The fourth-order valence-corrected chi connectivity index (χ4v) is 3.65. The van der Waals surface area contributed by atoms with Gasteiger partial charge in [0, 0.05) is 13.6 Å². The highest BCUT2D eigenvalue weighted by atomic mass is 16.5. The number of ether oxygens (including phenoxy) is 1. The lowest BCUT2D eigenvalue weighted by molar-refractivity contribution is -0.132. The molecule has 0 aliphatic carbocycles. The van der Waals surface area contributed by atoms with Crippen LogP contribution in [-0.4, -0.2) is 43.8 Å². The number of carbonyl (C=O) groups excluding carboxylic acids is 1. The monoisotopic (exact) mass is 367 g/mol. The summed E-state index contributed by atoms with van der Waals surface area (Å²) in [6.45, 7) is 0.663. The summed E-state index contributed by atoms with van der Waals surface area (Å²) in [5.74, 6) is 0.706. The second-order valence-corrected chi connectivity index (χ2v) is 6.70. The van der Waals surface area contributed by atoms with E-state index in [0.29, 0.717) is 17.6 Å². The van der Waals surface area contributed by atoms with Crippen molar-refractivity contribution in [3.63, 3.8) is 0 Å². The number of amides is 1. The first-order valence-electron chi connectivity index (χ1n) is 8.89. The molecule has 0 N–H and O–H groups in total. The van der Waals surface area contributed by atoms with Crippen molar-refractivity contribution in [3.05, 3.63) is 52.7 Å². The van der Waals surface area contributed by atoms with Crippen molar-refractivity contribution in [1.82, 2.24) is 24.2 Å². The van der Waals surface area contributed by atoms with E-state index in [0.717, 1.165) is 24.2 Å². The molecule has 1 aromatic carbocycles. The molecular weight excluding hydrogens is 346 g/mol. The molecular formula is C19H21N5O3. The Morgan fingerprint density at radius 2 is 2.07 bits per heavy atom. The molecule has 0 radical (unpaired) electrons. The Bertz CT molecular complexity index is 1040. The summed E-state index contributed by atoms with van der Waals surface area (Å²) < 4.78 is 8.10. The van der Waals surface area contributed by atoms with E-state index >= 15 is 0 Å². The van der Waals surface area contributed by atoms with Crippen molar-refractivity contribution < 1.29 is 9.53 Å². The number of aromatic nitrogens is 4. The highest BCUT2D eigenvalue weighted by molar-refractivity contribution is 5.78. The molecule has 1 fully saturated rings. The van der Waals surface area contributed by atoms with Gasteiger partial charge in [0.2, 0.25) is 5.91 Å². The van der Waals surface area contributed by atoms with Crippen LogP contribution in [0.3, 0.4) is 0 Å². The molecule has 27 heavy (non-hydrogen) atoms. The molecule has 8 heteroatoms. The zero-order valence-electron chi connectivity index (χ0n) is 15.3. The third kappa shape index (κ3) is 3.07. The van der Waals surface area contributed by atoms with Gasteiger partial charge < -0.3 is 9.64 Å². The number of nitrogens with zero attached hydrogens (tertiary/aromatic N) is 5. The van der Waals surface area contributed by atoms with Gasteiger partial charge in [0.05, 0.1) is 19.3 Å². The minimum Gasteiger partial charge on any atom is -0.497 e. The maximum absolute atomic E-state index is 12.9. The summed E-state index contributed by atoms with van der Waals surface area (Å²) in [7, 11) is 3.36. The average molecular weight is 367 g/mol. The fraction of sp³-hybridized carbons (Fsp3) is 0.368. The van der Waals surface area contributed by atoms with Crippen LogP contribution in [0.5, 0.6) is 5.75 Å². The Morgan fingerprint density at radius 3 is 2.81 bits per heavy atom. The zero-order valence-corrected chi connectivity index (χ0v) is 15.3. The average Bonchev–Trinajstić information content (AvgIpc) is 3.32. The molecule has 140 valence electrons. The fourth-order valence-electron chi connectivity index (χ4n) is 3.65. The van der Waals surface area contributed by atoms with Gasteiger partial charge in [0.15, 0.2) is 5.65 Å². The van der Waals surface area contributed by atoms with E-state index < -0.39 is 0 Å². The quantitative estimate of drug-likeness (QED) is 0.698. The number of likely N-dealkylation sites (tertiary alicyclic amines) is 1. The molecule has 1 amide bonds. The van der Waals surface area contributed by atoms with Gasteiger partial charge in [0.1, 0.15) is 24.0 Å². The lowest BCUT2D eigenvalue weighted by Crippen LogP contribution is -2.36. The number of aryl methyl sites for hydroxylation is 1. The predicted octanol–water partition coefficient (Wildman–Crippen LogP) is 1.50. The largest absolute Gasteiger partial charge is 0.497 e. The molecule has 1 unspecified atom stereocenters. The number of hydrogen-bond donors (Lipinski definition) is 0. The Morgan fingerprint density at radius 1 is 1.30 bits per heavy atom. The molecule has 2 aromatic heterocycles. The van der Waals surface area contributed by atoms with Crippen molar-refractivity contribution in [2.24, 2.45) is 7.05 Å². The van der Waals surface area contributed by atoms with Crippen LogP contribution >= 0.6 is 0 Å². The van der Waals surface area contributed by atoms with E-state index in [2.05, 4.69) is 10.1 Å². The molecule has 3 heterocycles. The summed E-state index contributed by atoms with van der Waals surface area (Å²) in [6.07, 6.45) is 4.76. The first-order valence-corrected chi connectivity index (χ1v) is 8.89. The number of fused-ring (bicyclic) bond motifs is 1. The van der Waals surface area contributed by atoms with Gasteiger partial charge in [-0.2, -0.15) is 5.10 Å². The number of hydrogen-bond acceptors (Lipinski definition) is 5. The second kappa shape index (κ2) is 6.86. The minimum absolute atomic E-state index is 0.0224. The second-order valence-electron chi connectivity index (χ2n) is 6.70. The van der Waals surface area contributed by atoms with Crippen molar-refractivity contribution in [2.75, 3.05) is 13.7 Å². The maximum atomic E-state index is 12.9. The van der Waals surface area contributed by atoms with Crippen LogP contribution < -0.4 is 10.3 Å². The minimum atomic E-state index is -0.248. The Kier molecular flexibility index (Phi) is 4.39. The number of benzene rings is 1. The van der Waals surface area contributed by atoms with Crippen molar-refractivity contribution >= 4 is 16.9 Å². The number of rotatable bonds is 4. The van der Waals surface area contributed by atoms with Crippen LogP contribution in [0.2, 0.25) is 0 Å². The summed E-state index contributed by atoms with van der Waals surface area (Å²) in [5.41, 5.74) is 1.34. The van der Waals surface area contributed by atoms with Crippen LogP contribution in [0.25, 0.3) is 11.0 Å². The third-order valence-electron chi connectivity index (χ3n) is 5.10. The summed E-state index contributed by atoms with van der Waals surface area (Å²) in [6, 6.07) is 7.81. The first-order chi connectivity index (χ1) is 13.1. The van der Waals surface area contributed by atoms with E-state index in [-0.39, 0.29) is 24.1 Å². The third-order valence-corrected chi connectivity index (χ3v) is 5.10. The zero-order chi connectivity index (χ0) is 19.0. The van der Waals surface area contributed by atoms with E-state index in [4.69, 9.17) is 4.74 Å². The van der Waals surface area contributed by atoms with Crippen LogP contribution in [0.4, 0.5) is 0 Å². The van der Waals surface area contributed by atoms with Gasteiger partial charge in [-0.25, -0.2) is 4.98 Å². The van der Waals surface area contributed by atoms with E-state index in [1.807, 2.05) is 29.2 Å². The molecule has 4 rings (SSSR count). The molecule has 1 aliphatic rings. The topological polar surface area (TPSA) is 82.2 Å². The highest BCUT2D eigenvalue weighted by Gasteiger charge is 2.30. The van der Waals surface area contributed by atoms with Crippen molar-refractivity contribution in [1.29, 1.82) is 0 Å². The van der Waals surface area contributed by atoms with Gasteiger partial charge in [-0.1, -0.05) is 12.1 Å². The van der Waals surface area contributed by atoms with Gasteiger partial charge in [0.25, 0.3) is 5.56 Å². The summed E-state index contributed by atoms with van der Waals surface area (Å²) >= 11 is 0.